The van der Waals surface area contributed by atoms with Crippen LogP contribution in [-0.2, 0) is 9.13 Å². The van der Waals surface area contributed by atoms with E-state index in [9.17, 15) is 9.13 Å². The van der Waals surface area contributed by atoms with E-state index in [1.807, 2.05) is 0 Å². The average Bonchev–Trinajstić information content (AvgIpc) is 2.18. The Labute approximate surface area is 105 Å². The zero-order chi connectivity index (χ0) is 14.2. The Balaban J connectivity index is 4.10. The average molecular weight is 305 g/mol. The number of nitrogens with two attached hydrogens (primary N) is 1. The Morgan fingerprint density at radius 1 is 1.06 bits per heavy atom. The summed E-state index contributed by atoms with van der Waals surface area (Å²) in [5.74, 6) is -1.25. The van der Waals surface area contributed by atoms with Crippen molar-refractivity contribution in [3.63, 3.8) is 0 Å². The first-order valence-electron chi connectivity index (χ1n) is 5.41. The molecule has 0 saturated carbocycles. The first-order valence-corrected chi connectivity index (χ1v) is 8.88. The van der Waals surface area contributed by atoms with Gasteiger partial charge in [0.2, 0.25) is 0 Å². The van der Waals surface area contributed by atoms with Crippen LogP contribution in [0, 0.1) is 0 Å². The lowest BCUT2D eigenvalue weighted by molar-refractivity contribution is 0.339. The minimum absolute atomic E-state index is 0.275. The summed E-state index contributed by atoms with van der Waals surface area (Å²) >= 11 is 0. The first kappa shape index (κ1) is 18.2. The van der Waals surface area contributed by atoms with Gasteiger partial charge < -0.3 is 35.9 Å². The molecule has 1 atom stereocenters. The van der Waals surface area contributed by atoms with Gasteiger partial charge in [0.1, 0.15) is 5.78 Å². The van der Waals surface area contributed by atoms with E-state index >= 15 is 0 Å². The molecule has 0 aliphatic rings. The van der Waals surface area contributed by atoms with Crippen LogP contribution in [-0.4, -0.2) is 57.7 Å². The van der Waals surface area contributed by atoms with Crippen molar-refractivity contribution in [2.75, 3.05) is 32.3 Å². The van der Waals surface area contributed by atoms with Crippen LogP contribution in [0.25, 0.3) is 0 Å². The molecule has 8 N–H and O–H groups in total. The van der Waals surface area contributed by atoms with Crippen LogP contribution < -0.4 is 16.4 Å². The van der Waals surface area contributed by atoms with Crippen LogP contribution in [0.3, 0.4) is 0 Å². The van der Waals surface area contributed by atoms with Gasteiger partial charge in [0.05, 0.1) is 6.16 Å². The van der Waals surface area contributed by atoms with Crippen LogP contribution in [0.15, 0.2) is 0 Å². The van der Waals surface area contributed by atoms with Crippen LogP contribution >= 0.6 is 15.2 Å². The summed E-state index contributed by atoms with van der Waals surface area (Å²) in [7, 11) is -8.68. The molecule has 11 heteroatoms. The molecule has 0 saturated heterocycles. The largest absolute Gasteiger partial charge is 0.342 e. The summed E-state index contributed by atoms with van der Waals surface area (Å²) in [6, 6.07) is 0. The van der Waals surface area contributed by atoms with Crippen molar-refractivity contribution in [2.24, 2.45) is 5.73 Å². The van der Waals surface area contributed by atoms with E-state index in [0.717, 1.165) is 0 Å². The molecular weight excluding hydrogens is 284 g/mol. The highest BCUT2D eigenvalue weighted by atomic mass is 31.2. The topological polar surface area (TPSA) is 165 Å². The smallest absolute Gasteiger partial charge is 0.329 e. The maximum absolute atomic E-state index is 11.1. The van der Waals surface area contributed by atoms with Crippen molar-refractivity contribution in [2.45, 2.75) is 12.2 Å². The predicted molar refractivity (Wildman–Crippen MR) is 67.3 cm³/mol. The molecule has 0 aromatic carbocycles. The molecule has 9 nitrogen and oxygen atoms in total. The minimum atomic E-state index is -4.42. The normalized spacial score (nSPS) is 14.7. The Bertz CT molecular complexity index is 316. The van der Waals surface area contributed by atoms with Gasteiger partial charge in [-0.1, -0.05) is 0 Å². The van der Waals surface area contributed by atoms with Gasteiger partial charge in [-0.15, -0.1) is 0 Å². The maximum Gasteiger partial charge on any atom is 0.342 e. The molecule has 110 valence electrons. The summed E-state index contributed by atoms with van der Waals surface area (Å²) in [6.07, 6.45) is -0.850. The van der Waals surface area contributed by atoms with Gasteiger partial charge in [-0.25, -0.2) is 0 Å². The van der Waals surface area contributed by atoms with Crippen molar-refractivity contribution >= 4 is 15.2 Å². The highest BCUT2D eigenvalue weighted by Crippen LogP contribution is 2.44. The summed E-state index contributed by atoms with van der Waals surface area (Å²) < 4.78 is 21.8. The van der Waals surface area contributed by atoms with Gasteiger partial charge in [-0.3, -0.25) is 9.13 Å². The van der Waals surface area contributed by atoms with E-state index in [0.29, 0.717) is 19.6 Å². The molecule has 0 spiro atoms. The van der Waals surface area contributed by atoms with E-state index in [2.05, 4.69) is 10.6 Å². The number of hydrogen-bond donors (Lipinski definition) is 7. The predicted octanol–water partition coefficient (Wildman–Crippen LogP) is -1.80. The highest BCUT2D eigenvalue weighted by Gasteiger charge is 2.30. The molecule has 18 heavy (non-hydrogen) atoms. The zero-order valence-corrected chi connectivity index (χ0v) is 11.7. The fraction of sp³-hybridized carbons (Fsp3) is 1.00. The first-order chi connectivity index (χ1) is 8.17. The van der Waals surface area contributed by atoms with E-state index in [4.69, 9.17) is 25.3 Å². The molecule has 0 aromatic rings. The molecular formula is C7H21N3O6P2. The molecule has 0 bridgehead atoms. The molecule has 0 aliphatic heterocycles. The lowest BCUT2D eigenvalue weighted by Crippen LogP contribution is -2.36. The van der Waals surface area contributed by atoms with Gasteiger partial charge >= 0.3 is 15.2 Å². The Morgan fingerprint density at radius 3 is 2.11 bits per heavy atom. The van der Waals surface area contributed by atoms with E-state index in [-0.39, 0.29) is 13.0 Å². The zero-order valence-electron chi connectivity index (χ0n) is 9.90. The summed E-state index contributed by atoms with van der Waals surface area (Å²) in [5, 5.41) is 5.50. The Kier molecular flexibility index (Phi) is 8.45. The van der Waals surface area contributed by atoms with E-state index < -0.39 is 27.1 Å². The monoisotopic (exact) mass is 305 g/mol. The van der Waals surface area contributed by atoms with Gasteiger partial charge in [0.25, 0.3) is 0 Å². The Hall–Kier alpha value is 0.180. The van der Waals surface area contributed by atoms with Gasteiger partial charge in [0, 0.05) is 26.2 Å². The van der Waals surface area contributed by atoms with Crippen LogP contribution in [0.1, 0.15) is 6.42 Å². The SMILES string of the molecule is NCCNCCNC(CCP(=O)(O)O)P(=O)(O)O. The standard InChI is InChI=1S/C7H21N3O6P2/c8-2-3-9-4-5-10-7(18(14,15)16)1-6-17(11,12)13/h7,9-10H,1-6,8H2,(H2,11,12,13)(H2,14,15,16). The molecule has 0 fully saturated rings. The molecule has 0 radical (unpaired) electrons. The maximum atomic E-state index is 11.1. The molecule has 0 amide bonds. The molecule has 1 unspecified atom stereocenters. The number of rotatable bonds is 10. The minimum Gasteiger partial charge on any atom is -0.329 e. The summed E-state index contributed by atoms with van der Waals surface area (Å²) in [5.41, 5.74) is 5.24. The molecule has 0 aliphatic carbocycles. The molecule has 0 aromatic heterocycles. The van der Waals surface area contributed by atoms with E-state index in [1.54, 1.807) is 0 Å². The van der Waals surface area contributed by atoms with Crippen LogP contribution in [0.5, 0.6) is 0 Å². The molecule has 0 heterocycles. The second-order valence-electron chi connectivity index (χ2n) is 3.77. The molecule has 0 rings (SSSR count). The van der Waals surface area contributed by atoms with Crippen LogP contribution in [0.2, 0.25) is 0 Å². The van der Waals surface area contributed by atoms with Crippen LogP contribution in [0.4, 0.5) is 0 Å². The summed E-state index contributed by atoms with van der Waals surface area (Å²) in [4.78, 5) is 35.4. The quantitative estimate of drug-likeness (QED) is 0.182. The van der Waals surface area contributed by atoms with Crippen molar-refractivity contribution in [1.82, 2.24) is 10.6 Å². The Morgan fingerprint density at radius 2 is 1.67 bits per heavy atom. The van der Waals surface area contributed by atoms with Crippen molar-refractivity contribution < 1.29 is 28.7 Å². The fourth-order valence-corrected chi connectivity index (χ4v) is 2.86. The van der Waals surface area contributed by atoms with Gasteiger partial charge in [0.15, 0.2) is 0 Å². The second kappa shape index (κ2) is 8.37. The van der Waals surface area contributed by atoms with Crippen molar-refractivity contribution in [1.29, 1.82) is 0 Å². The van der Waals surface area contributed by atoms with Crippen molar-refractivity contribution in [3.05, 3.63) is 0 Å². The number of hydrogen-bond acceptors (Lipinski definition) is 5. The summed E-state index contributed by atoms with van der Waals surface area (Å²) in [6.45, 7) is 1.78. The lowest BCUT2D eigenvalue weighted by Gasteiger charge is -2.20. The van der Waals surface area contributed by atoms with E-state index in [1.165, 1.54) is 0 Å². The lowest BCUT2D eigenvalue weighted by atomic mass is 10.4. The third-order valence-electron chi connectivity index (χ3n) is 2.10. The van der Waals surface area contributed by atoms with Gasteiger partial charge in [-0.05, 0) is 6.42 Å². The third kappa shape index (κ3) is 10.1. The van der Waals surface area contributed by atoms with Crippen molar-refractivity contribution in [3.8, 4) is 0 Å². The highest BCUT2D eigenvalue weighted by molar-refractivity contribution is 7.53. The third-order valence-corrected chi connectivity index (χ3v) is 4.20. The number of nitrogens with one attached hydrogen (secondary N) is 2. The van der Waals surface area contributed by atoms with Gasteiger partial charge in [-0.2, -0.15) is 0 Å². The fourth-order valence-electron chi connectivity index (χ4n) is 1.23. The second-order valence-corrected chi connectivity index (χ2v) is 7.35.